The maximum absolute atomic E-state index is 13.2. The Morgan fingerprint density at radius 2 is 1.94 bits per heavy atom. The van der Waals surface area contributed by atoms with Crippen LogP contribution < -0.4 is 18.9 Å². The van der Waals surface area contributed by atoms with E-state index in [-0.39, 0.29) is 18.3 Å². The second-order valence-corrected chi connectivity index (χ2v) is 9.00. The molecule has 0 bridgehead atoms. The summed E-state index contributed by atoms with van der Waals surface area (Å²) in [6.45, 7) is 2.28. The molecule has 0 aliphatic carbocycles. The van der Waals surface area contributed by atoms with Crippen LogP contribution in [0.3, 0.4) is 0 Å². The van der Waals surface area contributed by atoms with E-state index >= 15 is 0 Å². The highest BCUT2D eigenvalue weighted by atomic mass is 35.5. The van der Waals surface area contributed by atoms with Gasteiger partial charge in [-0.25, -0.2) is 0 Å². The molecule has 178 valence electrons. The molecule has 6 rings (SSSR count). The van der Waals surface area contributed by atoms with Crippen LogP contribution in [0.5, 0.6) is 23.0 Å². The van der Waals surface area contributed by atoms with Gasteiger partial charge in [0.2, 0.25) is 5.78 Å². The molecule has 0 unspecified atom stereocenters. The summed E-state index contributed by atoms with van der Waals surface area (Å²) in [6.07, 6.45) is 1.68. The lowest BCUT2D eigenvalue weighted by Gasteiger charge is -2.29. The van der Waals surface area contributed by atoms with E-state index in [4.69, 9.17) is 35.3 Å². The van der Waals surface area contributed by atoms with Crippen molar-refractivity contribution in [3.05, 3.63) is 87.1 Å². The van der Waals surface area contributed by atoms with Crippen molar-refractivity contribution in [1.82, 2.24) is 4.90 Å². The summed E-state index contributed by atoms with van der Waals surface area (Å²) in [5.74, 6) is 2.77. The van der Waals surface area contributed by atoms with Crippen molar-refractivity contribution in [1.29, 1.82) is 0 Å². The maximum Gasteiger partial charge on any atom is 0.231 e. The zero-order chi connectivity index (χ0) is 23.9. The molecule has 35 heavy (non-hydrogen) atoms. The monoisotopic (exact) mass is 491 g/mol. The zero-order valence-corrected chi connectivity index (χ0v) is 19.8. The number of halogens is 1. The predicted octanol–water partition coefficient (Wildman–Crippen LogP) is 5.18. The number of carbonyl (C=O) groups is 1. The molecule has 0 fully saturated rings. The van der Waals surface area contributed by atoms with Gasteiger partial charge in [-0.1, -0.05) is 23.7 Å². The predicted molar refractivity (Wildman–Crippen MR) is 129 cm³/mol. The lowest BCUT2D eigenvalue weighted by Crippen LogP contribution is -2.31. The summed E-state index contributed by atoms with van der Waals surface area (Å²) < 4.78 is 28.4. The minimum Gasteiger partial charge on any atom is -0.497 e. The van der Waals surface area contributed by atoms with Crippen LogP contribution in [0.4, 0.5) is 0 Å². The van der Waals surface area contributed by atoms with Gasteiger partial charge in [-0.3, -0.25) is 9.69 Å². The van der Waals surface area contributed by atoms with E-state index in [1.807, 2.05) is 30.3 Å². The van der Waals surface area contributed by atoms with Gasteiger partial charge in [0, 0.05) is 29.2 Å². The molecule has 7 nitrogen and oxygen atoms in total. The van der Waals surface area contributed by atoms with Crippen molar-refractivity contribution in [2.75, 3.05) is 20.6 Å². The summed E-state index contributed by atoms with van der Waals surface area (Å²) in [6, 6.07) is 15.1. The Bertz CT molecular complexity index is 1350. The molecular formula is C27H22ClNO6. The summed E-state index contributed by atoms with van der Waals surface area (Å²) in [5.41, 5.74) is 4.02. The van der Waals surface area contributed by atoms with Crippen LogP contribution in [-0.2, 0) is 24.4 Å². The smallest absolute Gasteiger partial charge is 0.231 e. The number of ketones is 1. The van der Waals surface area contributed by atoms with Crippen LogP contribution in [0.25, 0.3) is 6.08 Å². The number of fused-ring (bicyclic) bond motifs is 4. The van der Waals surface area contributed by atoms with E-state index in [1.54, 1.807) is 31.4 Å². The molecule has 0 aromatic heterocycles. The number of benzene rings is 3. The van der Waals surface area contributed by atoms with Gasteiger partial charge in [0.05, 0.1) is 24.8 Å². The Morgan fingerprint density at radius 3 is 2.77 bits per heavy atom. The Kier molecular flexibility index (Phi) is 5.60. The molecule has 3 aromatic carbocycles. The number of rotatable bonds is 4. The molecule has 3 aromatic rings. The second-order valence-electron chi connectivity index (χ2n) is 8.56. The van der Waals surface area contributed by atoms with Crippen molar-refractivity contribution >= 4 is 23.5 Å². The SMILES string of the molecule is COc1ccc(CN2COc3ccc4c(c3C2)O/C(=C\c2cc(Cl)cc3c2OCOC3)C4=O)cc1. The first kappa shape index (κ1) is 22.0. The van der Waals surface area contributed by atoms with Crippen molar-refractivity contribution in [2.45, 2.75) is 19.7 Å². The van der Waals surface area contributed by atoms with Gasteiger partial charge >= 0.3 is 0 Å². The van der Waals surface area contributed by atoms with E-state index in [2.05, 4.69) is 4.90 Å². The average Bonchev–Trinajstić information content (AvgIpc) is 3.20. The van der Waals surface area contributed by atoms with Crippen LogP contribution in [0.15, 0.2) is 54.3 Å². The lowest BCUT2D eigenvalue weighted by atomic mass is 10.0. The highest BCUT2D eigenvalue weighted by Crippen LogP contribution is 2.43. The minimum absolute atomic E-state index is 0.148. The van der Waals surface area contributed by atoms with Gasteiger partial charge in [0.15, 0.2) is 12.6 Å². The molecule has 0 spiro atoms. The van der Waals surface area contributed by atoms with Crippen molar-refractivity contribution in [3.63, 3.8) is 0 Å². The topological polar surface area (TPSA) is 66.5 Å². The minimum atomic E-state index is -0.184. The van der Waals surface area contributed by atoms with Crippen LogP contribution >= 0.6 is 11.6 Å². The number of Topliss-reactive ketones (excluding diaryl/α,β-unsaturated/α-hetero) is 1. The largest absolute Gasteiger partial charge is 0.497 e. The molecule has 0 amide bonds. The first-order valence-corrected chi connectivity index (χ1v) is 11.6. The number of hydrogen-bond donors (Lipinski definition) is 0. The molecule has 3 aliphatic heterocycles. The molecule has 0 N–H and O–H groups in total. The summed E-state index contributed by atoms with van der Waals surface area (Å²) >= 11 is 6.29. The molecule has 0 atom stereocenters. The number of ether oxygens (including phenoxy) is 5. The van der Waals surface area contributed by atoms with Crippen LogP contribution in [0, 0.1) is 0 Å². The van der Waals surface area contributed by atoms with E-state index < -0.39 is 0 Å². The number of hydrogen-bond acceptors (Lipinski definition) is 7. The lowest BCUT2D eigenvalue weighted by molar-refractivity contribution is -0.0165. The van der Waals surface area contributed by atoms with Gasteiger partial charge in [-0.05, 0) is 48.0 Å². The summed E-state index contributed by atoms with van der Waals surface area (Å²) in [7, 11) is 1.65. The Hall–Kier alpha value is -3.52. The summed E-state index contributed by atoms with van der Waals surface area (Å²) in [4.78, 5) is 15.4. The number of carbonyl (C=O) groups excluding carboxylic acids is 1. The average molecular weight is 492 g/mol. The Labute approximate surface area is 207 Å². The third-order valence-corrected chi connectivity index (χ3v) is 6.46. The fourth-order valence-corrected chi connectivity index (χ4v) is 4.80. The fourth-order valence-electron chi connectivity index (χ4n) is 4.55. The fraction of sp³-hybridized carbons (Fsp3) is 0.222. The first-order chi connectivity index (χ1) is 17.1. The third-order valence-electron chi connectivity index (χ3n) is 6.24. The highest BCUT2D eigenvalue weighted by molar-refractivity contribution is 6.31. The first-order valence-electron chi connectivity index (χ1n) is 11.2. The maximum atomic E-state index is 13.2. The van der Waals surface area contributed by atoms with E-state index in [0.717, 1.165) is 28.2 Å². The standard InChI is InChI=1S/C27H22ClNO6/c1-31-20-4-2-16(3-5-20)11-29-12-22-23(33-14-29)7-6-21-25(30)24(35-27(21)22)10-17-8-19(28)9-18-13-32-15-34-26(17)18/h2-10H,11-15H2,1H3/b24-10-. The molecule has 8 heteroatoms. The van der Waals surface area contributed by atoms with Crippen LogP contribution in [-0.4, -0.2) is 31.3 Å². The summed E-state index contributed by atoms with van der Waals surface area (Å²) in [5, 5.41) is 0.535. The quantitative estimate of drug-likeness (QED) is 0.466. The number of nitrogens with zero attached hydrogens (tertiary/aromatic N) is 1. The normalized spacial score (nSPS) is 17.7. The molecule has 3 heterocycles. The third kappa shape index (κ3) is 4.12. The molecular weight excluding hydrogens is 470 g/mol. The van der Waals surface area contributed by atoms with Crippen LogP contribution in [0.1, 0.15) is 32.6 Å². The molecule has 0 saturated heterocycles. The second kappa shape index (κ2) is 8.92. The molecule has 0 radical (unpaired) electrons. The van der Waals surface area contributed by atoms with Gasteiger partial charge in [0.25, 0.3) is 0 Å². The number of methoxy groups -OCH3 is 1. The van der Waals surface area contributed by atoms with Crippen molar-refractivity contribution < 1.29 is 28.5 Å². The highest BCUT2D eigenvalue weighted by Gasteiger charge is 2.34. The zero-order valence-electron chi connectivity index (χ0n) is 19.0. The number of allylic oxidation sites excluding steroid dienone is 1. The van der Waals surface area contributed by atoms with Gasteiger partial charge in [-0.15, -0.1) is 0 Å². The molecule has 3 aliphatic rings. The van der Waals surface area contributed by atoms with Gasteiger partial charge < -0.3 is 23.7 Å². The Balaban J connectivity index is 1.28. The Morgan fingerprint density at radius 1 is 1.09 bits per heavy atom. The van der Waals surface area contributed by atoms with E-state index in [0.29, 0.717) is 54.1 Å². The van der Waals surface area contributed by atoms with E-state index in [9.17, 15) is 4.79 Å². The van der Waals surface area contributed by atoms with Gasteiger partial charge in [0.1, 0.15) is 29.7 Å². The van der Waals surface area contributed by atoms with Crippen molar-refractivity contribution in [3.8, 4) is 23.0 Å². The van der Waals surface area contributed by atoms with Crippen molar-refractivity contribution in [2.24, 2.45) is 0 Å². The van der Waals surface area contributed by atoms with Crippen LogP contribution in [0.2, 0.25) is 5.02 Å². The molecule has 0 saturated carbocycles. The van der Waals surface area contributed by atoms with Gasteiger partial charge in [-0.2, -0.15) is 0 Å². The van der Waals surface area contributed by atoms with E-state index in [1.165, 1.54) is 0 Å².